The summed E-state index contributed by atoms with van der Waals surface area (Å²) in [5, 5.41) is 12.4. The van der Waals surface area contributed by atoms with E-state index in [1.165, 1.54) is 27.5 Å². The third-order valence-corrected chi connectivity index (χ3v) is 3.62. The van der Waals surface area contributed by atoms with Gasteiger partial charge in [-0.1, -0.05) is 30.3 Å². The first-order chi connectivity index (χ1) is 13.1. The van der Waals surface area contributed by atoms with Crippen molar-refractivity contribution in [2.24, 2.45) is 5.10 Å². The van der Waals surface area contributed by atoms with Crippen LogP contribution in [0.15, 0.2) is 53.9 Å². The standard InChI is InChI=1S/C19H18N4O4/c1-13(24)27-18-16(25-2)9-14(10-17(18)26-3)11-21-23-12-20-22-19(23)15-7-5-4-6-8-15/h4-12H,1-3H3/b21-11-. The Hall–Kier alpha value is -3.68. The van der Waals surface area contributed by atoms with Gasteiger partial charge in [-0.05, 0) is 12.1 Å². The average molecular weight is 366 g/mol. The number of benzene rings is 2. The van der Waals surface area contributed by atoms with Gasteiger partial charge in [0.05, 0.1) is 20.4 Å². The molecule has 0 aliphatic carbocycles. The Morgan fingerprint density at radius 1 is 1.11 bits per heavy atom. The lowest BCUT2D eigenvalue weighted by atomic mass is 10.2. The lowest BCUT2D eigenvalue weighted by Gasteiger charge is -2.13. The van der Waals surface area contributed by atoms with E-state index in [0.29, 0.717) is 22.9 Å². The zero-order valence-corrected chi connectivity index (χ0v) is 15.1. The summed E-state index contributed by atoms with van der Waals surface area (Å²) in [6.07, 6.45) is 3.12. The van der Waals surface area contributed by atoms with Crippen molar-refractivity contribution in [2.75, 3.05) is 14.2 Å². The van der Waals surface area contributed by atoms with Gasteiger partial charge in [0.25, 0.3) is 0 Å². The maximum absolute atomic E-state index is 11.3. The third-order valence-electron chi connectivity index (χ3n) is 3.62. The van der Waals surface area contributed by atoms with E-state index in [0.717, 1.165) is 5.56 Å². The predicted octanol–water partition coefficient (Wildman–Crippen LogP) is 2.77. The lowest BCUT2D eigenvalue weighted by molar-refractivity contribution is -0.132. The molecule has 8 nitrogen and oxygen atoms in total. The fourth-order valence-electron chi connectivity index (χ4n) is 2.44. The molecule has 0 saturated heterocycles. The van der Waals surface area contributed by atoms with Crippen LogP contribution in [0.4, 0.5) is 0 Å². The number of carbonyl (C=O) groups is 1. The summed E-state index contributed by atoms with van der Waals surface area (Å²) >= 11 is 0. The predicted molar refractivity (Wildman–Crippen MR) is 99.3 cm³/mol. The topological polar surface area (TPSA) is 87.8 Å². The fourth-order valence-corrected chi connectivity index (χ4v) is 2.44. The lowest BCUT2D eigenvalue weighted by Crippen LogP contribution is -2.05. The van der Waals surface area contributed by atoms with Gasteiger partial charge < -0.3 is 14.2 Å². The van der Waals surface area contributed by atoms with Crippen molar-refractivity contribution in [3.05, 3.63) is 54.4 Å². The highest BCUT2D eigenvalue weighted by Crippen LogP contribution is 2.38. The molecule has 0 bridgehead atoms. The van der Waals surface area contributed by atoms with E-state index in [1.807, 2.05) is 30.3 Å². The Labute approximate surface area is 156 Å². The van der Waals surface area contributed by atoms with Crippen LogP contribution in [0.25, 0.3) is 11.4 Å². The van der Waals surface area contributed by atoms with Gasteiger partial charge in [-0.25, -0.2) is 0 Å². The first-order valence-corrected chi connectivity index (χ1v) is 8.06. The second-order valence-corrected chi connectivity index (χ2v) is 5.46. The minimum atomic E-state index is -0.468. The second kappa shape index (κ2) is 8.13. The Balaban J connectivity index is 1.95. The normalized spacial score (nSPS) is 10.8. The summed E-state index contributed by atoms with van der Waals surface area (Å²) in [4.78, 5) is 11.3. The Bertz CT molecular complexity index is 942. The number of ether oxygens (including phenoxy) is 3. The molecule has 0 saturated carbocycles. The molecule has 2 aromatic carbocycles. The van der Waals surface area contributed by atoms with E-state index in [2.05, 4.69) is 15.3 Å². The number of rotatable bonds is 6. The smallest absolute Gasteiger partial charge is 0.308 e. The van der Waals surface area contributed by atoms with Crippen molar-refractivity contribution in [2.45, 2.75) is 6.92 Å². The summed E-state index contributed by atoms with van der Waals surface area (Å²) in [7, 11) is 2.96. The number of hydrogen-bond acceptors (Lipinski definition) is 7. The molecule has 0 aliphatic rings. The monoisotopic (exact) mass is 366 g/mol. The van der Waals surface area contributed by atoms with Crippen LogP contribution in [-0.4, -0.2) is 41.3 Å². The van der Waals surface area contributed by atoms with Crippen LogP contribution in [0.2, 0.25) is 0 Å². The van der Waals surface area contributed by atoms with Crippen molar-refractivity contribution in [3.8, 4) is 28.6 Å². The largest absolute Gasteiger partial charge is 0.493 e. The van der Waals surface area contributed by atoms with E-state index in [4.69, 9.17) is 14.2 Å². The quantitative estimate of drug-likeness (QED) is 0.379. The highest BCUT2D eigenvalue weighted by molar-refractivity contribution is 5.83. The molecule has 27 heavy (non-hydrogen) atoms. The van der Waals surface area contributed by atoms with E-state index >= 15 is 0 Å². The molecule has 0 atom stereocenters. The number of hydrogen-bond donors (Lipinski definition) is 0. The number of methoxy groups -OCH3 is 2. The van der Waals surface area contributed by atoms with Crippen LogP contribution in [0.1, 0.15) is 12.5 Å². The van der Waals surface area contributed by atoms with Crippen molar-refractivity contribution in [1.29, 1.82) is 0 Å². The van der Waals surface area contributed by atoms with Gasteiger partial charge in [-0.3, -0.25) is 4.79 Å². The van der Waals surface area contributed by atoms with Gasteiger partial charge in [0.15, 0.2) is 17.3 Å². The average Bonchev–Trinajstić information content (AvgIpc) is 3.15. The maximum atomic E-state index is 11.3. The molecule has 3 rings (SSSR count). The highest BCUT2D eigenvalue weighted by Gasteiger charge is 2.15. The number of carbonyl (C=O) groups excluding carboxylic acids is 1. The van der Waals surface area contributed by atoms with Crippen LogP contribution in [0.5, 0.6) is 17.2 Å². The molecule has 0 spiro atoms. The molecular weight excluding hydrogens is 348 g/mol. The van der Waals surface area contributed by atoms with Gasteiger partial charge in [0, 0.05) is 18.1 Å². The summed E-state index contributed by atoms with van der Waals surface area (Å²) < 4.78 is 17.4. The summed E-state index contributed by atoms with van der Waals surface area (Å²) in [6, 6.07) is 13.0. The minimum Gasteiger partial charge on any atom is -0.493 e. The van der Waals surface area contributed by atoms with E-state index in [-0.39, 0.29) is 5.75 Å². The summed E-state index contributed by atoms with van der Waals surface area (Å²) in [6.45, 7) is 1.31. The van der Waals surface area contributed by atoms with Crippen molar-refractivity contribution >= 4 is 12.2 Å². The van der Waals surface area contributed by atoms with Crippen LogP contribution in [-0.2, 0) is 4.79 Å². The molecular formula is C19H18N4O4. The Morgan fingerprint density at radius 2 is 1.78 bits per heavy atom. The van der Waals surface area contributed by atoms with Crippen molar-refractivity contribution < 1.29 is 19.0 Å². The zero-order valence-electron chi connectivity index (χ0n) is 15.1. The van der Waals surface area contributed by atoms with Gasteiger partial charge in [0.2, 0.25) is 5.75 Å². The molecule has 1 aromatic heterocycles. The Morgan fingerprint density at radius 3 is 2.37 bits per heavy atom. The molecule has 1 heterocycles. The van der Waals surface area contributed by atoms with Crippen LogP contribution < -0.4 is 14.2 Å². The number of aromatic nitrogens is 3. The van der Waals surface area contributed by atoms with Gasteiger partial charge in [-0.15, -0.1) is 10.2 Å². The van der Waals surface area contributed by atoms with Gasteiger partial charge in [-0.2, -0.15) is 9.78 Å². The van der Waals surface area contributed by atoms with Gasteiger partial charge in [0.1, 0.15) is 6.33 Å². The summed E-state index contributed by atoms with van der Waals surface area (Å²) in [5.41, 5.74) is 1.58. The maximum Gasteiger partial charge on any atom is 0.308 e. The summed E-state index contributed by atoms with van der Waals surface area (Å²) in [5.74, 6) is 1.09. The molecule has 0 radical (unpaired) electrons. The molecule has 0 aliphatic heterocycles. The molecule has 0 fully saturated rings. The molecule has 8 heteroatoms. The molecule has 3 aromatic rings. The zero-order chi connectivity index (χ0) is 19.2. The molecule has 0 unspecified atom stereocenters. The highest BCUT2D eigenvalue weighted by atomic mass is 16.6. The minimum absolute atomic E-state index is 0.221. The van der Waals surface area contributed by atoms with Gasteiger partial charge >= 0.3 is 5.97 Å². The number of esters is 1. The first-order valence-electron chi connectivity index (χ1n) is 8.06. The molecule has 138 valence electrons. The fraction of sp³-hybridized carbons (Fsp3) is 0.158. The first kappa shape index (κ1) is 18.1. The van der Waals surface area contributed by atoms with E-state index < -0.39 is 5.97 Å². The SMILES string of the molecule is COc1cc(/C=N\n2cnnc2-c2ccccc2)cc(OC)c1OC(C)=O. The second-order valence-electron chi connectivity index (χ2n) is 5.46. The number of nitrogens with zero attached hydrogens (tertiary/aromatic N) is 4. The third kappa shape index (κ3) is 4.12. The van der Waals surface area contributed by atoms with Crippen LogP contribution in [0.3, 0.4) is 0 Å². The van der Waals surface area contributed by atoms with E-state index in [1.54, 1.807) is 23.0 Å². The molecule has 0 N–H and O–H groups in total. The van der Waals surface area contributed by atoms with Crippen molar-refractivity contribution in [3.63, 3.8) is 0 Å². The molecule has 0 amide bonds. The van der Waals surface area contributed by atoms with Crippen LogP contribution in [0, 0.1) is 0 Å². The van der Waals surface area contributed by atoms with Crippen molar-refractivity contribution in [1.82, 2.24) is 14.9 Å². The van der Waals surface area contributed by atoms with E-state index in [9.17, 15) is 4.79 Å². The van der Waals surface area contributed by atoms with Crippen LogP contribution >= 0.6 is 0 Å². The Kier molecular flexibility index (Phi) is 5.46.